The highest BCUT2D eigenvalue weighted by atomic mass is 32.1. The Kier molecular flexibility index (Phi) is 9.85. The number of rotatable bonds is 8. The molecule has 0 saturated heterocycles. The summed E-state index contributed by atoms with van der Waals surface area (Å²) in [6.45, 7) is 0. The van der Waals surface area contributed by atoms with Crippen LogP contribution in [-0.4, -0.2) is 19.9 Å². The Bertz CT molecular complexity index is 4010. The van der Waals surface area contributed by atoms with Crippen molar-refractivity contribution < 1.29 is 0 Å². The van der Waals surface area contributed by atoms with Gasteiger partial charge in [0, 0.05) is 42.4 Å². The van der Waals surface area contributed by atoms with E-state index in [-0.39, 0.29) is 0 Å². The molecule has 0 amide bonds. The first kappa shape index (κ1) is 39.9. The Morgan fingerprint density at radius 2 is 0.574 bits per heavy atom. The van der Waals surface area contributed by atoms with Gasteiger partial charge in [0.1, 0.15) is 0 Å². The molecule has 0 unspecified atom stereocenters. The van der Waals surface area contributed by atoms with Crippen LogP contribution in [0, 0.1) is 0 Å². The molecule has 0 aliphatic carbocycles. The molecule has 9 aromatic carbocycles. The van der Waals surface area contributed by atoms with Crippen molar-refractivity contribution in [2.24, 2.45) is 0 Å². The van der Waals surface area contributed by atoms with Crippen molar-refractivity contribution in [1.82, 2.24) is 19.9 Å². The van der Waals surface area contributed by atoms with Gasteiger partial charge in [-0.05, 0) is 74.8 Å². The fraction of sp³-hybridized carbons (Fsp3) is 0. The molecule has 68 heavy (non-hydrogen) atoms. The van der Waals surface area contributed by atoms with E-state index in [1.807, 2.05) is 6.07 Å². The Morgan fingerprint density at radius 3 is 1.09 bits per heavy atom. The highest BCUT2D eigenvalue weighted by Gasteiger charge is 2.19. The minimum atomic E-state index is 0.706. The second kappa shape index (κ2) is 16.8. The molecule has 6 heteroatoms. The lowest BCUT2D eigenvalue weighted by Crippen LogP contribution is -1.94. The first-order chi connectivity index (χ1) is 33.7. The normalized spacial score (nSPS) is 11.5. The van der Waals surface area contributed by atoms with Crippen LogP contribution in [0.4, 0.5) is 0 Å². The molecule has 4 aromatic heterocycles. The molecule has 0 saturated carbocycles. The Balaban J connectivity index is 0.869. The van der Waals surface area contributed by atoms with Gasteiger partial charge in [0.25, 0.3) is 0 Å². The average molecular weight is 903 g/mol. The molecule has 4 heterocycles. The second-order valence-electron chi connectivity index (χ2n) is 17.0. The summed E-state index contributed by atoms with van der Waals surface area (Å²) in [5, 5.41) is 2.29. The van der Waals surface area contributed by atoms with Gasteiger partial charge in [0.05, 0.1) is 31.8 Å². The van der Waals surface area contributed by atoms with Crippen LogP contribution in [0.2, 0.25) is 0 Å². The maximum Gasteiger partial charge on any atom is 0.160 e. The SMILES string of the molecule is c1ccc(-c2ccc(-c3nc(-c4cccc(-c5cccc(-c6cccc(-c7nc(-c8ccc(-c9ccccc9)cc8)c8sc9ccccc9c8n7)c6)c5)c4)c4sc5ccccc5c4n3)cc2)cc1. The molecule has 0 aliphatic heterocycles. The summed E-state index contributed by atoms with van der Waals surface area (Å²) in [7, 11) is 0. The third-order valence-electron chi connectivity index (χ3n) is 12.7. The van der Waals surface area contributed by atoms with E-state index in [1.54, 1.807) is 22.7 Å². The molecule has 4 nitrogen and oxygen atoms in total. The van der Waals surface area contributed by atoms with Crippen LogP contribution in [0.5, 0.6) is 0 Å². The van der Waals surface area contributed by atoms with Crippen molar-refractivity contribution in [1.29, 1.82) is 0 Å². The van der Waals surface area contributed by atoms with E-state index in [0.29, 0.717) is 11.6 Å². The quantitative estimate of drug-likeness (QED) is 0.152. The monoisotopic (exact) mass is 902 g/mol. The molecule has 0 N–H and O–H groups in total. The van der Waals surface area contributed by atoms with Crippen LogP contribution in [-0.2, 0) is 0 Å². The third kappa shape index (κ3) is 7.24. The zero-order valence-electron chi connectivity index (χ0n) is 36.5. The standard InChI is InChI=1S/C62H38N4S2/c1-3-14-39(15-4-1)41-28-32-43(33-29-41)55-59-57(51-24-7-9-26-53(51)67-59)66-62(63-55)50-23-13-21-48(38-50)46-19-11-18-45(36-46)47-20-12-22-49(37-47)56-60-58(52-25-8-10-27-54(52)68-60)65-61(64-56)44-34-30-42(31-35-44)40-16-5-2-6-17-40/h1-38H. The van der Waals surface area contributed by atoms with Gasteiger partial charge in [-0.15, -0.1) is 22.7 Å². The van der Waals surface area contributed by atoms with Crippen molar-refractivity contribution in [2.45, 2.75) is 0 Å². The summed E-state index contributed by atoms with van der Waals surface area (Å²) in [6.07, 6.45) is 0. The van der Waals surface area contributed by atoms with Crippen LogP contribution >= 0.6 is 22.7 Å². The molecular weight excluding hydrogens is 865 g/mol. The average Bonchev–Trinajstić information content (AvgIpc) is 4.00. The number of aromatic nitrogens is 4. The van der Waals surface area contributed by atoms with E-state index in [0.717, 1.165) is 92.7 Å². The first-order valence-electron chi connectivity index (χ1n) is 22.7. The van der Waals surface area contributed by atoms with Gasteiger partial charge in [-0.1, -0.05) is 200 Å². The van der Waals surface area contributed by atoms with Gasteiger partial charge in [0.2, 0.25) is 0 Å². The number of nitrogens with zero attached hydrogens (tertiary/aromatic N) is 4. The van der Waals surface area contributed by atoms with Gasteiger partial charge in [-0.2, -0.15) is 0 Å². The summed E-state index contributed by atoms with van der Waals surface area (Å²) < 4.78 is 4.58. The van der Waals surface area contributed by atoms with Crippen LogP contribution in [0.15, 0.2) is 231 Å². The van der Waals surface area contributed by atoms with E-state index in [2.05, 4.69) is 224 Å². The van der Waals surface area contributed by atoms with E-state index in [1.165, 1.54) is 26.1 Å². The fourth-order valence-electron chi connectivity index (χ4n) is 9.29. The first-order valence-corrected chi connectivity index (χ1v) is 24.3. The Labute approximate surface area is 401 Å². The van der Waals surface area contributed by atoms with Crippen LogP contribution in [0.3, 0.4) is 0 Å². The molecule has 0 atom stereocenters. The molecule has 0 fully saturated rings. The van der Waals surface area contributed by atoms with Gasteiger partial charge >= 0.3 is 0 Å². The van der Waals surface area contributed by atoms with Gasteiger partial charge in [-0.3, -0.25) is 0 Å². The summed E-state index contributed by atoms with van der Waals surface area (Å²) in [5.74, 6) is 1.42. The molecule has 0 bridgehead atoms. The molecular formula is C62H38N4S2. The lowest BCUT2D eigenvalue weighted by molar-refractivity contribution is 1.24. The van der Waals surface area contributed by atoms with Crippen molar-refractivity contribution in [3.8, 4) is 89.8 Å². The predicted molar refractivity (Wildman–Crippen MR) is 287 cm³/mol. The second-order valence-corrected chi connectivity index (χ2v) is 19.1. The highest BCUT2D eigenvalue weighted by molar-refractivity contribution is 7.26. The predicted octanol–water partition coefficient (Wildman–Crippen LogP) is 17.3. The van der Waals surface area contributed by atoms with E-state index in [4.69, 9.17) is 19.9 Å². The smallest absolute Gasteiger partial charge is 0.160 e. The van der Waals surface area contributed by atoms with E-state index < -0.39 is 0 Å². The van der Waals surface area contributed by atoms with Crippen molar-refractivity contribution in [3.63, 3.8) is 0 Å². The Morgan fingerprint density at radius 1 is 0.235 bits per heavy atom. The topological polar surface area (TPSA) is 51.6 Å². The fourth-order valence-corrected chi connectivity index (χ4v) is 11.6. The minimum Gasteiger partial charge on any atom is -0.226 e. The summed E-state index contributed by atoms with van der Waals surface area (Å²) >= 11 is 3.51. The minimum absolute atomic E-state index is 0.706. The molecule has 0 radical (unpaired) electrons. The maximum absolute atomic E-state index is 5.34. The van der Waals surface area contributed by atoms with E-state index >= 15 is 0 Å². The Hall–Kier alpha value is -8.42. The molecule has 13 rings (SSSR count). The number of thiophene rings is 2. The van der Waals surface area contributed by atoms with Crippen molar-refractivity contribution >= 4 is 63.3 Å². The zero-order chi connectivity index (χ0) is 45.0. The lowest BCUT2D eigenvalue weighted by atomic mass is 9.96. The van der Waals surface area contributed by atoms with Crippen molar-refractivity contribution in [2.75, 3.05) is 0 Å². The maximum atomic E-state index is 5.34. The number of benzene rings is 9. The zero-order valence-corrected chi connectivity index (χ0v) is 38.2. The summed E-state index contributed by atoms with van der Waals surface area (Å²) in [4.78, 5) is 21.2. The van der Waals surface area contributed by atoms with Gasteiger partial charge < -0.3 is 0 Å². The molecule has 318 valence electrons. The lowest BCUT2D eigenvalue weighted by Gasteiger charge is -2.11. The number of hydrogen-bond acceptors (Lipinski definition) is 6. The molecule has 0 spiro atoms. The summed E-state index contributed by atoms with van der Waals surface area (Å²) in [6, 6.07) is 81.6. The third-order valence-corrected chi connectivity index (χ3v) is 15.1. The van der Waals surface area contributed by atoms with Crippen LogP contribution < -0.4 is 0 Å². The number of fused-ring (bicyclic) bond motifs is 6. The molecule has 13 aromatic rings. The molecule has 0 aliphatic rings. The van der Waals surface area contributed by atoms with Crippen molar-refractivity contribution in [3.05, 3.63) is 231 Å². The van der Waals surface area contributed by atoms with Crippen LogP contribution in [0.1, 0.15) is 0 Å². The highest BCUT2D eigenvalue weighted by Crippen LogP contribution is 2.42. The van der Waals surface area contributed by atoms with Crippen LogP contribution in [0.25, 0.3) is 130 Å². The van der Waals surface area contributed by atoms with E-state index in [9.17, 15) is 0 Å². The van der Waals surface area contributed by atoms with Gasteiger partial charge in [-0.25, -0.2) is 19.9 Å². The largest absolute Gasteiger partial charge is 0.226 e. The number of hydrogen-bond donors (Lipinski definition) is 0. The van der Waals surface area contributed by atoms with Gasteiger partial charge in [0.15, 0.2) is 11.6 Å². The summed E-state index contributed by atoms with van der Waals surface area (Å²) in [5.41, 5.74) is 17.1.